The Kier molecular flexibility index (Phi) is 6.32. The lowest BCUT2D eigenvalue weighted by atomic mass is 9.97. The molecule has 0 atom stereocenters. The van der Waals surface area contributed by atoms with Crippen LogP contribution in [-0.4, -0.2) is 19.0 Å². The average molecular weight is 401 g/mol. The van der Waals surface area contributed by atoms with Crippen molar-refractivity contribution in [2.75, 3.05) is 18.2 Å². The fraction of sp³-hybridized carbons (Fsp3) is 0.222. The van der Waals surface area contributed by atoms with Crippen LogP contribution in [0.3, 0.4) is 0 Å². The molecule has 3 N–H and O–H groups in total. The highest BCUT2D eigenvalue weighted by Gasteiger charge is 2.35. The first-order valence-corrected chi connectivity index (χ1v) is 8.13. The molecule has 144 valence electrons. The van der Waals surface area contributed by atoms with Gasteiger partial charge in [0.2, 0.25) is 5.91 Å². The van der Waals surface area contributed by atoms with Gasteiger partial charge in [-0.15, -0.1) is 0 Å². The zero-order valence-corrected chi connectivity index (χ0v) is 14.9. The number of benzene rings is 2. The number of esters is 1. The van der Waals surface area contributed by atoms with Gasteiger partial charge >= 0.3 is 12.1 Å². The topological polar surface area (TPSA) is 81.4 Å². The molecule has 0 saturated heterocycles. The van der Waals surface area contributed by atoms with E-state index in [-0.39, 0.29) is 29.7 Å². The van der Waals surface area contributed by atoms with Crippen LogP contribution in [0.5, 0.6) is 0 Å². The Balaban J connectivity index is 2.20. The van der Waals surface area contributed by atoms with Crippen LogP contribution in [0.15, 0.2) is 36.4 Å². The molecule has 0 spiro atoms. The van der Waals surface area contributed by atoms with E-state index >= 15 is 0 Å². The summed E-state index contributed by atoms with van der Waals surface area (Å²) in [6.45, 7) is 0. The number of anilines is 2. The molecule has 2 rings (SSSR count). The Bertz CT molecular complexity index is 852. The van der Waals surface area contributed by atoms with Crippen molar-refractivity contribution in [2.24, 2.45) is 0 Å². The van der Waals surface area contributed by atoms with E-state index in [2.05, 4.69) is 10.1 Å². The summed E-state index contributed by atoms with van der Waals surface area (Å²) in [7, 11) is 1.06. The summed E-state index contributed by atoms with van der Waals surface area (Å²) in [5.74, 6) is -1.42. The number of carbonyl (C=O) groups is 2. The first-order chi connectivity index (χ1) is 12.6. The average Bonchev–Trinajstić information content (AvgIpc) is 2.60. The molecule has 0 unspecified atom stereocenters. The predicted molar refractivity (Wildman–Crippen MR) is 95.6 cm³/mol. The van der Waals surface area contributed by atoms with Crippen molar-refractivity contribution >= 4 is 34.9 Å². The van der Waals surface area contributed by atoms with Gasteiger partial charge < -0.3 is 15.8 Å². The van der Waals surface area contributed by atoms with E-state index in [0.717, 1.165) is 13.2 Å². The maximum absolute atomic E-state index is 13.4. The molecule has 0 radical (unpaired) electrons. The lowest BCUT2D eigenvalue weighted by molar-refractivity contribution is -0.138. The molecule has 0 aliphatic carbocycles. The second-order valence-corrected chi connectivity index (χ2v) is 6.07. The van der Waals surface area contributed by atoms with Gasteiger partial charge in [0.15, 0.2) is 0 Å². The molecule has 0 saturated carbocycles. The van der Waals surface area contributed by atoms with E-state index < -0.39 is 23.6 Å². The molecular formula is C18H16ClF3N2O3. The minimum Gasteiger partial charge on any atom is -0.465 e. The molecule has 0 bridgehead atoms. The standard InChI is InChI=1S/C18H16ClF3N2O3/c1-27-17(26)10-8-14(18(20,21)22)13(15(23)9-10)6-7-16(25)24-12-4-2-11(19)3-5-12/h2-5,8-9H,6-7,23H2,1H3,(H,24,25). The third-order valence-corrected chi connectivity index (χ3v) is 3.99. The molecule has 0 aliphatic heterocycles. The van der Waals surface area contributed by atoms with Crippen LogP contribution in [-0.2, 0) is 22.1 Å². The molecule has 0 heterocycles. The largest absolute Gasteiger partial charge is 0.465 e. The third-order valence-electron chi connectivity index (χ3n) is 3.74. The number of halogens is 4. The summed E-state index contributed by atoms with van der Waals surface area (Å²) in [5, 5.41) is 3.05. The van der Waals surface area contributed by atoms with Gasteiger partial charge in [-0.05, 0) is 48.4 Å². The fourth-order valence-electron chi connectivity index (χ4n) is 2.46. The zero-order valence-electron chi connectivity index (χ0n) is 14.2. The van der Waals surface area contributed by atoms with Gasteiger partial charge in [0.25, 0.3) is 0 Å². The van der Waals surface area contributed by atoms with Crippen molar-refractivity contribution < 1.29 is 27.5 Å². The number of carbonyl (C=O) groups excluding carboxylic acids is 2. The smallest absolute Gasteiger partial charge is 0.416 e. The summed E-state index contributed by atoms with van der Waals surface area (Å²) >= 11 is 5.75. The molecule has 0 aromatic heterocycles. The molecule has 27 heavy (non-hydrogen) atoms. The second-order valence-electron chi connectivity index (χ2n) is 5.64. The van der Waals surface area contributed by atoms with Crippen LogP contribution >= 0.6 is 11.6 Å². The van der Waals surface area contributed by atoms with Crippen molar-refractivity contribution in [1.29, 1.82) is 0 Å². The van der Waals surface area contributed by atoms with E-state index in [9.17, 15) is 22.8 Å². The Labute approximate surface area is 158 Å². The summed E-state index contributed by atoms with van der Waals surface area (Å²) in [6, 6.07) is 8.06. The summed E-state index contributed by atoms with van der Waals surface area (Å²) in [4.78, 5) is 23.6. The van der Waals surface area contributed by atoms with Gasteiger partial charge in [-0.3, -0.25) is 4.79 Å². The number of amides is 1. The number of methoxy groups -OCH3 is 1. The molecule has 2 aromatic rings. The molecular weight excluding hydrogens is 385 g/mol. The van der Waals surface area contributed by atoms with Crippen molar-refractivity contribution in [3.05, 3.63) is 58.1 Å². The van der Waals surface area contributed by atoms with Crippen LogP contribution < -0.4 is 11.1 Å². The van der Waals surface area contributed by atoms with Crippen LogP contribution in [0.1, 0.15) is 27.9 Å². The van der Waals surface area contributed by atoms with E-state index in [1.165, 1.54) is 0 Å². The van der Waals surface area contributed by atoms with Gasteiger partial charge in [0, 0.05) is 22.8 Å². The Morgan fingerprint density at radius 2 is 1.81 bits per heavy atom. The van der Waals surface area contributed by atoms with E-state index in [4.69, 9.17) is 17.3 Å². The van der Waals surface area contributed by atoms with Crippen molar-refractivity contribution in [1.82, 2.24) is 0 Å². The molecule has 0 fully saturated rings. The van der Waals surface area contributed by atoms with Crippen molar-refractivity contribution in [3.63, 3.8) is 0 Å². The normalized spacial score (nSPS) is 11.1. The second kappa shape index (κ2) is 8.30. The molecule has 0 aliphatic rings. The molecule has 2 aromatic carbocycles. The molecule has 1 amide bonds. The number of alkyl halides is 3. The Morgan fingerprint density at radius 1 is 1.19 bits per heavy atom. The maximum Gasteiger partial charge on any atom is 0.416 e. The van der Waals surface area contributed by atoms with Gasteiger partial charge in [-0.25, -0.2) is 4.79 Å². The van der Waals surface area contributed by atoms with Crippen molar-refractivity contribution in [2.45, 2.75) is 19.0 Å². The van der Waals surface area contributed by atoms with Crippen molar-refractivity contribution in [3.8, 4) is 0 Å². The lowest BCUT2D eigenvalue weighted by Gasteiger charge is -2.16. The highest BCUT2D eigenvalue weighted by molar-refractivity contribution is 6.30. The first-order valence-electron chi connectivity index (χ1n) is 7.75. The van der Waals surface area contributed by atoms with E-state index in [1.54, 1.807) is 24.3 Å². The summed E-state index contributed by atoms with van der Waals surface area (Å²) in [6.07, 6.45) is -5.21. The first kappa shape index (κ1) is 20.6. The minimum atomic E-state index is -4.74. The summed E-state index contributed by atoms with van der Waals surface area (Å²) < 4.78 is 44.5. The Hall–Kier alpha value is -2.74. The highest BCUT2D eigenvalue weighted by atomic mass is 35.5. The monoisotopic (exact) mass is 400 g/mol. The van der Waals surface area contributed by atoms with E-state index in [1.807, 2.05) is 0 Å². The number of nitrogens with two attached hydrogens (primary N) is 1. The summed E-state index contributed by atoms with van der Waals surface area (Å²) in [5.41, 5.74) is 4.32. The van der Waals surface area contributed by atoms with Crippen LogP contribution in [0.25, 0.3) is 0 Å². The Morgan fingerprint density at radius 3 is 2.37 bits per heavy atom. The fourth-order valence-corrected chi connectivity index (χ4v) is 2.58. The number of rotatable bonds is 5. The number of ether oxygens (including phenoxy) is 1. The third kappa shape index (κ3) is 5.37. The van der Waals surface area contributed by atoms with Crippen LogP contribution in [0.2, 0.25) is 5.02 Å². The number of nitrogen functional groups attached to an aromatic ring is 1. The quantitative estimate of drug-likeness (QED) is 0.579. The zero-order chi connectivity index (χ0) is 20.2. The van der Waals surface area contributed by atoms with Gasteiger partial charge in [0.05, 0.1) is 18.2 Å². The lowest BCUT2D eigenvalue weighted by Crippen LogP contribution is -2.17. The molecule has 5 nitrogen and oxygen atoms in total. The van der Waals surface area contributed by atoms with Crippen LogP contribution in [0.4, 0.5) is 24.5 Å². The van der Waals surface area contributed by atoms with Gasteiger partial charge in [0.1, 0.15) is 0 Å². The maximum atomic E-state index is 13.4. The predicted octanol–water partition coefficient (Wildman–Crippen LogP) is 4.30. The number of hydrogen-bond donors (Lipinski definition) is 2. The van der Waals surface area contributed by atoms with Crippen LogP contribution in [0, 0.1) is 0 Å². The number of hydrogen-bond acceptors (Lipinski definition) is 4. The molecule has 9 heteroatoms. The minimum absolute atomic E-state index is 0.229. The highest BCUT2D eigenvalue weighted by Crippen LogP contribution is 2.36. The van der Waals surface area contributed by atoms with E-state index in [0.29, 0.717) is 16.8 Å². The van der Waals surface area contributed by atoms with Gasteiger partial charge in [-0.2, -0.15) is 13.2 Å². The number of nitrogens with one attached hydrogen (secondary N) is 1. The SMILES string of the molecule is COC(=O)c1cc(N)c(CCC(=O)Nc2ccc(Cl)cc2)c(C(F)(F)F)c1. The van der Waals surface area contributed by atoms with Gasteiger partial charge in [-0.1, -0.05) is 11.6 Å².